The van der Waals surface area contributed by atoms with Gasteiger partial charge in [-0.05, 0) is 109 Å². The molecule has 4 aromatic rings. The summed E-state index contributed by atoms with van der Waals surface area (Å²) in [5.74, 6) is -10.4. The van der Waals surface area contributed by atoms with Crippen molar-refractivity contribution in [2.24, 2.45) is 11.8 Å². The third kappa shape index (κ3) is 8.54. The van der Waals surface area contributed by atoms with Gasteiger partial charge in [0.1, 0.15) is 12.1 Å². The lowest BCUT2D eigenvalue weighted by Gasteiger charge is -2.38. The predicted molar refractivity (Wildman–Crippen MR) is 217 cm³/mol. The Balaban J connectivity index is 1.39. The summed E-state index contributed by atoms with van der Waals surface area (Å²) in [6, 6.07) is 8.69. The smallest absolute Gasteiger partial charge is 0.411 e. The summed E-state index contributed by atoms with van der Waals surface area (Å²) in [5, 5.41) is 23.3. The molecule has 0 saturated heterocycles. The highest BCUT2D eigenvalue weighted by Crippen LogP contribution is 2.57. The summed E-state index contributed by atoms with van der Waals surface area (Å²) in [4.78, 5) is 106. The Labute approximate surface area is 365 Å². The Morgan fingerprint density at radius 3 is 1.09 bits per heavy atom. The maximum atomic E-state index is 15.5. The summed E-state index contributed by atoms with van der Waals surface area (Å²) in [7, 11) is 0. The Bertz CT molecular complexity index is 2460. The van der Waals surface area contributed by atoms with Crippen LogP contribution in [0.4, 0.5) is 37.7 Å². The molecule has 0 unspecified atom stereocenters. The number of imide groups is 2. The Hall–Kier alpha value is -7.38. The number of hydrogen-bond acceptors (Lipinski definition) is 8. The zero-order valence-corrected chi connectivity index (χ0v) is 34.6. The summed E-state index contributed by atoms with van der Waals surface area (Å²) in [6.45, 7) is 6.49. The predicted octanol–water partition coefficient (Wildman–Crippen LogP) is 7.79. The third-order valence-corrected chi connectivity index (χ3v) is 11.0. The number of alkyl halides is 6. The quantitative estimate of drug-likeness (QED) is 0.0713. The zero-order valence-electron chi connectivity index (χ0n) is 34.6. The second kappa shape index (κ2) is 17.3. The number of carbonyl (C=O) groups is 8. The molecule has 340 valence electrons. The lowest BCUT2D eigenvalue weighted by Crippen LogP contribution is -2.55. The highest BCUT2D eigenvalue weighted by atomic mass is 19.4. The number of halogens is 6. The van der Waals surface area contributed by atoms with Crippen LogP contribution in [-0.2, 0) is 15.0 Å². The van der Waals surface area contributed by atoms with Crippen LogP contribution in [0, 0.1) is 11.8 Å². The minimum atomic E-state index is -6.28. The van der Waals surface area contributed by atoms with Gasteiger partial charge in [-0.3, -0.25) is 38.6 Å². The normalized spacial score (nSPS) is 15.0. The van der Waals surface area contributed by atoms with Crippen LogP contribution in [0.3, 0.4) is 0 Å². The van der Waals surface area contributed by atoms with Gasteiger partial charge in [-0.1, -0.05) is 39.8 Å². The highest BCUT2D eigenvalue weighted by molar-refractivity contribution is 6.24. The summed E-state index contributed by atoms with van der Waals surface area (Å²) < 4.78 is 93.2. The lowest BCUT2D eigenvalue weighted by atomic mass is 9.71. The van der Waals surface area contributed by atoms with E-state index in [1.807, 2.05) is 0 Å². The zero-order chi connectivity index (χ0) is 48.1. The summed E-state index contributed by atoms with van der Waals surface area (Å²) in [6.07, 6.45) is -13.0. The number of rotatable bonds is 14. The van der Waals surface area contributed by atoms with Crippen LogP contribution < -0.4 is 10.6 Å². The molecule has 0 aromatic heterocycles. The van der Waals surface area contributed by atoms with E-state index in [0.717, 1.165) is 24.3 Å². The van der Waals surface area contributed by atoms with Crippen LogP contribution in [0.1, 0.15) is 114 Å². The van der Waals surface area contributed by atoms with Crippen molar-refractivity contribution in [2.75, 3.05) is 10.6 Å². The van der Waals surface area contributed by atoms with Gasteiger partial charge in [0, 0.05) is 11.4 Å². The van der Waals surface area contributed by atoms with E-state index < -0.39 is 122 Å². The monoisotopic (exact) mass is 908 g/mol. The van der Waals surface area contributed by atoms with Gasteiger partial charge in [-0.25, -0.2) is 9.59 Å². The van der Waals surface area contributed by atoms with Crippen molar-refractivity contribution in [1.82, 2.24) is 9.80 Å². The van der Waals surface area contributed by atoms with E-state index in [1.54, 1.807) is 27.7 Å². The van der Waals surface area contributed by atoms with Crippen molar-refractivity contribution in [2.45, 2.75) is 70.4 Å². The molecule has 2 heterocycles. The molecule has 2 aliphatic heterocycles. The van der Waals surface area contributed by atoms with Crippen molar-refractivity contribution in [3.63, 3.8) is 0 Å². The van der Waals surface area contributed by atoms with Crippen molar-refractivity contribution in [1.29, 1.82) is 0 Å². The van der Waals surface area contributed by atoms with Crippen LogP contribution in [0.2, 0.25) is 0 Å². The lowest BCUT2D eigenvalue weighted by molar-refractivity contribution is -0.288. The number of amides is 6. The van der Waals surface area contributed by atoms with E-state index in [2.05, 4.69) is 10.6 Å². The molecule has 65 heavy (non-hydrogen) atoms. The molecule has 0 radical (unpaired) electrons. The maximum Gasteiger partial charge on any atom is 0.411 e. The van der Waals surface area contributed by atoms with Crippen LogP contribution in [0.25, 0.3) is 0 Å². The number of benzene rings is 4. The Morgan fingerprint density at radius 2 is 0.815 bits per heavy atom. The van der Waals surface area contributed by atoms with E-state index in [-0.39, 0.29) is 47.5 Å². The molecular formula is C45H38F6N4O10. The minimum absolute atomic E-state index is 0.0500. The molecule has 2 atom stereocenters. The first-order valence-corrected chi connectivity index (χ1v) is 19.8. The average molecular weight is 909 g/mol. The standard InChI is InChI=1S/C45H38F6N4O10/c1-21(2)17-33(35(56)52-27-11-5-23(6-12-27)41(62)63)54-37(58)29-15-9-25(19-31(29)39(54)60)43(44(46,47)48,45(49,50)51)26-10-16-30-32(20-26)40(61)55(38(30)59)34(18-22(3)4)36(57)53-28-13-7-24(8-14-28)42(64)65/h5-16,19-22,33-34H,17-18H2,1-4H3,(H,52,56)(H,53,57)(H,62,63)(H,64,65)/t33-,34-/m0/s1. The number of anilines is 2. The highest BCUT2D eigenvalue weighted by Gasteiger charge is 2.73. The van der Waals surface area contributed by atoms with Gasteiger partial charge < -0.3 is 20.8 Å². The Morgan fingerprint density at radius 1 is 0.508 bits per heavy atom. The largest absolute Gasteiger partial charge is 0.478 e. The fourth-order valence-corrected chi connectivity index (χ4v) is 7.93. The molecule has 14 nitrogen and oxygen atoms in total. The third-order valence-electron chi connectivity index (χ3n) is 11.0. The topological polar surface area (TPSA) is 208 Å². The number of carboxylic acid groups (broad SMARTS) is 2. The first kappa shape index (κ1) is 47.1. The fourth-order valence-electron chi connectivity index (χ4n) is 7.93. The van der Waals surface area contributed by atoms with E-state index in [0.29, 0.717) is 34.1 Å². The van der Waals surface area contributed by atoms with Gasteiger partial charge in [-0.2, -0.15) is 26.3 Å². The first-order chi connectivity index (χ1) is 30.3. The molecule has 4 aromatic carbocycles. The Kier molecular flexibility index (Phi) is 12.5. The van der Waals surface area contributed by atoms with Crippen molar-refractivity contribution >= 4 is 58.8 Å². The fraction of sp³-hybridized carbons (Fsp3) is 0.289. The maximum absolute atomic E-state index is 15.5. The van der Waals surface area contributed by atoms with Crippen molar-refractivity contribution in [3.8, 4) is 0 Å². The molecule has 6 rings (SSSR count). The number of hydrogen-bond donors (Lipinski definition) is 4. The van der Waals surface area contributed by atoms with E-state index >= 15 is 26.3 Å². The molecule has 0 aliphatic carbocycles. The van der Waals surface area contributed by atoms with Crippen molar-refractivity contribution < 1.29 is 74.9 Å². The van der Waals surface area contributed by atoms with Gasteiger partial charge in [-0.15, -0.1) is 0 Å². The number of fused-ring (bicyclic) bond motifs is 2. The summed E-state index contributed by atoms with van der Waals surface area (Å²) >= 11 is 0. The molecule has 0 spiro atoms. The molecule has 20 heteroatoms. The molecule has 0 saturated carbocycles. The molecule has 4 N–H and O–H groups in total. The van der Waals surface area contributed by atoms with E-state index in [9.17, 15) is 48.6 Å². The SMILES string of the molecule is CC(C)C[C@@H](C(=O)Nc1ccc(C(=O)O)cc1)N1C(=O)c2ccc(C(c3ccc4c(c3)C(=O)N([C@@H](CC(C)C)C(=O)Nc3ccc(C(=O)O)cc3)C4=O)(C(F)(F)F)C(F)(F)F)cc2C1=O. The molecule has 0 fully saturated rings. The second-order valence-electron chi connectivity index (χ2n) is 16.3. The summed E-state index contributed by atoms with van der Waals surface area (Å²) in [5.41, 5.74) is -11.4. The van der Waals surface area contributed by atoms with Gasteiger partial charge in [0.2, 0.25) is 17.2 Å². The van der Waals surface area contributed by atoms with Crippen LogP contribution in [-0.4, -0.2) is 91.8 Å². The van der Waals surface area contributed by atoms with Crippen molar-refractivity contribution in [3.05, 3.63) is 129 Å². The van der Waals surface area contributed by atoms with Gasteiger partial charge in [0.25, 0.3) is 23.6 Å². The van der Waals surface area contributed by atoms with E-state index in [4.69, 9.17) is 0 Å². The molecule has 0 bridgehead atoms. The van der Waals surface area contributed by atoms with Crippen LogP contribution in [0.5, 0.6) is 0 Å². The number of carbonyl (C=O) groups excluding carboxylic acids is 6. The van der Waals surface area contributed by atoms with Crippen LogP contribution in [0.15, 0.2) is 84.9 Å². The molecule has 2 aliphatic rings. The van der Waals surface area contributed by atoms with E-state index in [1.165, 1.54) is 24.3 Å². The second-order valence-corrected chi connectivity index (χ2v) is 16.3. The van der Waals surface area contributed by atoms with Gasteiger partial charge in [0.15, 0.2) is 0 Å². The average Bonchev–Trinajstić information content (AvgIpc) is 3.61. The molecular weight excluding hydrogens is 871 g/mol. The number of carboxylic acids is 2. The number of nitrogens with zero attached hydrogens (tertiary/aromatic N) is 2. The molecule has 6 amide bonds. The first-order valence-electron chi connectivity index (χ1n) is 19.8. The van der Waals surface area contributed by atoms with Gasteiger partial charge in [0.05, 0.1) is 33.4 Å². The number of nitrogens with one attached hydrogen (secondary N) is 2. The van der Waals surface area contributed by atoms with Gasteiger partial charge >= 0.3 is 24.3 Å². The number of aromatic carboxylic acids is 2. The van der Waals surface area contributed by atoms with Crippen LogP contribution >= 0.6 is 0 Å². The minimum Gasteiger partial charge on any atom is -0.478 e.